The summed E-state index contributed by atoms with van der Waals surface area (Å²) in [5.74, 6) is 2.24. The number of hydrogen-bond donors (Lipinski definition) is 0. The molecule has 1 unspecified atom stereocenters. The van der Waals surface area contributed by atoms with Crippen LogP contribution in [0.1, 0.15) is 37.1 Å². The maximum Gasteiger partial charge on any atom is 0.257 e. The normalized spacial score (nSPS) is 16.9. The summed E-state index contributed by atoms with van der Waals surface area (Å²) in [6.07, 6.45) is 2.29. The minimum atomic E-state index is 0.0965. The van der Waals surface area contributed by atoms with Gasteiger partial charge in [-0.1, -0.05) is 18.2 Å². The van der Waals surface area contributed by atoms with Gasteiger partial charge in [0.2, 0.25) is 11.8 Å². The van der Waals surface area contributed by atoms with E-state index in [1.165, 1.54) is 0 Å². The number of rotatable bonds is 6. The third-order valence-corrected chi connectivity index (χ3v) is 5.74. The fourth-order valence-corrected chi connectivity index (χ4v) is 4.11. The van der Waals surface area contributed by atoms with Crippen molar-refractivity contribution in [2.75, 3.05) is 19.7 Å². The van der Waals surface area contributed by atoms with Crippen molar-refractivity contribution in [1.29, 1.82) is 0 Å². The second-order valence-electron chi connectivity index (χ2n) is 6.86. The van der Waals surface area contributed by atoms with Crippen molar-refractivity contribution in [3.8, 4) is 16.5 Å². The molecule has 7 heteroatoms. The molecule has 1 fully saturated rings. The van der Waals surface area contributed by atoms with Gasteiger partial charge in [-0.05, 0) is 48.9 Å². The Morgan fingerprint density at radius 2 is 2.14 bits per heavy atom. The monoisotopic (exact) mass is 397 g/mol. The summed E-state index contributed by atoms with van der Waals surface area (Å²) >= 11 is 1.58. The van der Waals surface area contributed by atoms with Crippen LogP contribution in [0.15, 0.2) is 46.2 Å². The summed E-state index contributed by atoms with van der Waals surface area (Å²) in [6.45, 7) is 3.99. The number of benzene rings is 1. The summed E-state index contributed by atoms with van der Waals surface area (Å²) in [5, 5.41) is 10.4. The van der Waals surface area contributed by atoms with Crippen molar-refractivity contribution in [2.45, 2.75) is 32.1 Å². The van der Waals surface area contributed by atoms with Crippen molar-refractivity contribution in [3.05, 3.63) is 53.2 Å². The lowest BCUT2D eigenvalue weighted by Gasteiger charge is -2.31. The van der Waals surface area contributed by atoms with Crippen molar-refractivity contribution in [1.82, 2.24) is 15.1 Å². The molecule has 0 N–H and O–H groups in total. The quantitative estimate of drug-likeness (QED) is 0.625. The van der Waals surface area contributed by atoms with E-state index in [4.69, 9.17) is 9.15 Å². The number of aromatic nitrogens is 2. The van der Waals surface area contributed by atoms with Crippen LogP contribution in [0, 0.1) is 0 Å². The van der Waals surface area contributed by atoms with Gasteiger partial charge >= 0.3 is 0 Å². The van der Waals surface area contributed by atoms with E-state index < -0.39 is 0 Å². The number of carbonyl (C=O) groups is 1. The molecule has 0 aliphatic carbocycles. The average molecular weight is 398 g/mol. The summed E-state index contributed by atoms with van der Waals surface area (Å²) < 4.78 is 11.3. The van der Waals surface area contributed by atoms with Crippen molar-refractivity contribution in [2.24, 2.45) is 0 Å². The topological polar surface area (TPSA) is 68.5 Å². The molecule has 2 aromatic heterocycles. The number of ether oxygens (including phenoxy) is 1. The Morgan fingerprint density at radius 3 is 2.89 bits per heavy atom. The van der Waals surface area contributed by atoms with E-state index in [2.05, 4.69) is 10.2 Å². The van der Waals surface area contributed by atoms with Crippen LogP contribution in [-0.2, 0) is 11.2 Å². The molecule has 1 saturated heterocycles. The van der Waals surface area contributed by atoms with Crippen LogP contribution in [0.4, 0.5) is 0 Å². The predicted octanol–water partition coefficient (Wildman–Crippen LogP) is 4.15. The van der Waals surface area contributed by atoms with Crippen LogP contribution in [0.3, 0.4) is 0 Å². The lowest BCUT2D eigenvalue weighted by atomic mass is 9.97. The molecule has 1 aliphatic rings. The van der Waals surface area contributed by atoms with Gasteiger partial charge < -0.3 is 14.1 Å². The highest BCUT2D eigenvalue weighted by Crippen LogP contribution is 2.30. The molecular weight excluding hydrogens is 374 g/mol. The largest absolute Gasteiger partial charge is 0.494 e. The van der Waals surface area contributed by atoms with E-state index in [1.807, 2.05) is 53.6 Å². The number of likely N-dealkylation sites (tertiary alicyclic amines) is 1. The fourth-order valence-electron chi connectivity index (χ4n) is 3.46. The SMILES string of the molecule is CCOc1ccc(CC(=O)N2CCCC(c3nnc(-c4cccs4)o3)C2)cc1. The summed E-state index contributed by atoms with van der Waals surface area (Å²) in [7, 11) is 0. The molecule has 3 heterocycles. The Balaban J connectivity index is 1.38. The second kappa shape index (κ2) is 8.56. The molecule has 1 atom stereocenters. The smallest absolute Gasteiger partial charge is 0.257 e. The molecule has 0 spiro atoms. The molecule has 1 aromatic carbocycles. The molecule has 0 saturated carbocycles. The van der Waals surface area contributed by atoms with Crippen LogP contribution < -0.4 is 4.74 Å². The van der Waals surface area contributed by atoms with Gasteiger partial charge in [0, 0.05) is 13.1 Å². The van der Waals surface area contributed by atoms with Crippen LogP contribution in [-0.4, -0.2) is 40.7 Å². The third-order valence-electron chi connectivity index (χ3n) is 4.89. The van der Waals surface area contributed by atoms with E-state index in [9.17, 15) is 4.79 Å². The maximum atomic E-state index is 12.8. The predicted molar refractivity (Wildman–Crippen MR) is 107 cm³/mol. The minimum absolute atomic E-state index is 0.0965. The first-order chi connectivity index (χ1) is 13.7. The molecule has 3 aromatic rings. The molecule has 146 valence electrons. The summed E-state index contributed by atoms with van der Waals surface area (Å²) in [6, 6.07) is 11.7. The first kappa shape index (κ1) is 18.7. The lowest BCUT2D eigenvalue weighted by Crippen LogP contribution is -2.40. The second-order valence-corrected chi connectivity index (χ2v) is 7.80. The number of thiophene rings is 1. The van der Waals surface area contributed by atoms with E-state index in [-0.39, 0.29) is 11.8 Å². The first-order valence-corrected chi connectivity index (χ1v) is 10.5. The Kier molecular flexibility index (Phi) is 5.71. The zero-order valence-electron chi connectivity index (χ0n) is 15.8. The van der Waals surface area contributed by atoms with Gasteiger partial charge in [0.05, 0.1) is 23.8 Å². The Bertz CT molecular complexity index is 905. The first-order valence-electron chi connectivity index (χ1n) is 9.59. The molecule has 28 heavy (non-hydrogen) atoms. The van der Waals surface area contributed by atoms with Gasteiger partial charge in [0.15, 0.2) is 0 Å². The van der Waals surface area contributed by atoms with Crippen molar-refractivity contribution in [3.63, 3.8) is 0 Å². The van der Waals surface area contributed by atoms with Crippen LogP contribution in [0.25, 0.3) is 10.8 Å². The molecule has 0 bridgehead atoms. The summed E-state index contributed by atoms with van der Waals surface area (Å²) in [4.78, 5) is 15.7. The molecule has 1 amide bonds. The van der Waals surface area contributed by atoms with Gasteiger partial charge in [0.25, 0.3) is 5.89 Å². The molecule has 4 rings (SSSR count). The Labute approximate surface area is 168 Å². The number of hydrogen-bond acceptors (Lipinski definition) is 6. The summed E-state index contributed by atoms with van der Waals surface area (Å²) in [5.41, 5.74) is 0.994. The highest BCUT2D eigenvalue weighted by atomic mass is 32.1. The molecule has 0 radical (unpaired) electrons. The average Bonchev–Trinajstić information content (AvgIpc) is 3.42. The van der Waals surface area contributed by atoms with Gasteiger partial charge in [-0.25, -0.2) is 0 Å². The highest BCUT2D eigenvalue weighted by Gasteiger charge is 2.28. The van der Waals surface area contributed by atoms with E-state index >= 15 is 0 Å². The number of piperidine rings is 1. The molecule has 6 nitrogen and oxygen atoms in total. The van der Waals surface area contributed by atoms with Gasteiger partial charge in [-0.2, -0.15) is 0 Å². The van der Waals surface area contributed by atoms with Crippen LogP contribution >= 0.6 is 11.3 Å². The van der Waals surface area contributed by atoms with Gasteiger partial charge in [-0.3, -0.25) is 4.79 Å². The van der Waals surface area contributed by atoms with E-state index in [0.717, 1.165) is 35.6 Å². The third kappa shape index (κ3) is 4.25. The van der Waals surface area contributed by atoms with E-state index in [0.29, 0.717) is 31.4 Å². The number of nitrogens with zero attached hydrogens (tertiary/aromatic N) is 3. The Morgan fingerprint density at radius 1 is 1.29 bits per heavy atom. The number of amides is 1. The molecular formula is C21H23N3O3S. The maximum absolute atomic E-state index is 12.8. The minimum Gasteiger partial charge on any atom is -0.494 e. The van der Waals surface area contributed by atoms with E-state index in [1.54, 1.807) is 11.3 Å². The van der Waals surface area contributed by atoms with Crippen LogP contribution in [0.5, 0.6) is 5.75 Å². The zero-order valence-corrected chi connectivity index (χ0v) is 16.7. The Hall–Kier alpha value is -2.67. The van der Waals surface area contributed by atoms with Crippen LogP contribution in [0.2, 0.25) is 0 Å². The highest BCUT2D eigenvalue weighted by molar-refractivity contribution is 7.13. The zero-order chi connectivity index (χ0) is 19.3. The number of carbonyl (C=O) groups excluding carboxylic acids is 1. The lowest BCUT2D eigenvalue weighted by molar-refractivity contribution is -0.131. The van der Waals surface area contributed by atoms with Crippen molar-refractivity contribution < 1.29 is 13.9 Å². The van der Waals surface area contributed by atoms with Gasteiger partial charge in [0.1, 0.15) is 5.75 Å². The fraction of sp³-hybridized carbons (Fsp3) is 0.381. The van der Waals surface area contributed by atoms with Crippen molar-refractivity contribution >= 4 is 17.2 Å². The standard InChI is InChI=1S/C21H23N3O3S/c1-2-26-17-9-7-15(8-10-17)13-19(25)24-11-3-5-16(14-24)20-22-23-21(27-20)18-6-4-12-28-18/h4,6-10,12,16H,2-3,5,11,13-14H2,1H3. The van der Waals surface area contributed by atoms with Gasteiger partial charge in [-0.15, -0.1) is 21.5 Å². The molecule has 1 aliphatic heterocycles.